The normalized spacial score (nSPS) is 14.9. The Morgan fingerprint density at radius 2 is 2.00 bits per heavy atom. The molecule has 0 saturated carbocycles. The fourth-order valence-corrected chi connectivity index (χ4v) is 2.50. The van der Waals surface area contributed by atoms with E-state index in [4.69, 9.17) is 11.6 Å². The Morgan fingerprint density at radius 1 is 1.23 bits per heavy atom. The van der Waals surface area contributed by atoms with Gasteiger partial charge in [0, 0.05) is 23.0 Å². The van der Waals surface area contributed by atoms with Gasteiger partial charge in [-0.25, -0.2) is 13.5 Å². The highest BCUT2D eigenvalue weighted by Crippen LogP contribution is 2.29. The zero-order valence-corrected chi connectivity index (χ0v) is 13.7. The summed E-state index contributed by atoms with van der Waals surface area (Å²) in [5, 5.41) is 7.61. The topological polar surface area (TPSA) is 46.3 Å². The van der Waals surface area contributed by atoms with Crippen LogP contribution in [0.2, 0.25) is 5.02 Å². The molecule has 1 aliphatic rings. The van der Waals surface area contributed by atoms with Crippen molar-refractivity contribution in [3.8, 4) is 5.69 Å². The van der Waals surface area contributed by atoms with Crippen molar-refractivity contribution in [2.24, 2.45) is 4.99 Å². The van der Waals surface area contributed by atoms with Crippen molar-refractivity contribution in [2.45, 2.75) is 19.1 Å². The summed E-state index contributed by atoms with van der Waals surface area (Å²) in [6.07, 6.45) is -4.08. The lowest BCUT2D eigenvalue weighted by Gasteiger charge is -2.22. The van der Waals surface area contributed by atoms with Gasteiger partial charge in [0.15, 0.2) is 0 Å². The van der Waals surface area contributed by atoms with E-state index in [2.05, 4.69) is 15.3 Å². The molecule has 0 N–H and O–H groups in total. The van der Waals surface area contributed by atoms with Crippen LogP contribution in [0.1, 0.15) is 17.7 Å². The minimum atomic E-state index is -4.49. The predicted molar refractivity (Wildman–Crippen MR) is 84.4 cm³/mol. The first-order valence-electron chi connectivity index (χ1n) is 7.26. The van der Waals surface area contributed by atoms with E-state index in [-0.39, 0.29) is 23.8 Å². The van der Waals surface area contributed by atoms with Crippen LogP contribution >= 0.6 is 11.6 Å². The number of aliphatic imine (C=N–C) groups is 1. The first kappa shape index (κ1) is 18.3. The van der Waals surface area contributed by atoms with Crippen LogP contribution in [0.3, 0.4) is 0 Å². The second-order valence-electron chi connectivity index (χ2n) is 5.44. The number of rotatable bonds is 4. The predicted octanol–water partition coefficient (Wildman–Crippen LogP) is 4.15. The van der Waals surface area contributed by atoms with Crippen molar-refractivity contribution < 1.29 is 22.0 Å². The van der Waals surface area contributed by atoms with Gasteiger partial charge in [-0.15, -0.1) is 5.10 Å². The molecule has 11 heteroatoms. The van der Waals surface area contributed by atoms with E-state index < -0.39 is 18.2 Å². The third-order valence-electron chi connectivity index (χ3n) is 3.53. The van der Waals surface area contributed by atoms with Gasteiger partial charge >= 0.3 is 6.18 Å². The number of benzene rings is 1. The quantitative estimate of drug-likeness (QED) is 0.736. The van der Waals surface area contributed by atoms with Gasteiger partial charge < -0.3 is 4.90 Å². The Hall–Kier alpha value is -2.49. The lowest BCUT2D eigenvalue weighted by atomic mass is 10.2. The molecular formula is C15H11ClF5N5. The number of alkyl halides is 5. The molecule has 2 aromatic rings. The first-order valence-corrected chi connectivity index (χ1v) is 7.64. The van der Waals surface area contributed by atoms with Crippen molar-refractivity contribution >= 4 is 17.8 Å². The van der Waals surface area contributed by atoms with E-state index in [1.807, 2.05) is 0 Å². The lowest BCUT2D eigenvalue weighted by Crippen LogP contribution is -2.26. The van der Waals surface area contributed by atoms with Gasteiger partial charge in [-0.05, 0) is 18.2 Å². The molecule has 0 amide bonds. The maximum atomic E-state index is 12.9. The van der Waals surface area contributed by atoms with Gasteiger partial charge in [0.2, 0.25) is 0 Å². The summed E-state index contributed by atoms with van der Waals surface area (Å²) >= 11 is 5.72. The van der Waals surface area contributed by atoms with Crippen molar-refractivity contribution in [3.63, 3.8) is 0 Å². The average Bonchev–Trinajstić information content (AvgIpc) is 3.03. The third kappa shape index (κ3) is 4.01. The number of allylic oxidation sites excluding steroid dienone is 1. The fourth-order valence-electron chi connectivity index (χ4n) is 2.30. The summed E-state index contributed by atoms with van der Waals surface area (Å²) in [6, 6.07) is 3.98. The standard InChI is InChI=1S/C15H11ClF5N5/c16-13-2-1-11(3-12(13)14(17)18)26-7-10(23-24-26)6-25-5-9(4-22-8-25)15(19,20)21/h1-5,7,14H,6,8H2. The lowest BCUT2D eigenvalue weighted by molar-refractivity contribution is -0.0870. The van der Waals surface area contributed by atoms with Crippen LogP contribution in [0.4, 0.5) is 22.0 Å². The Labute approximate surface area is 149 Å². The molecule has 0 bridgehead atoms. The average molecular weight is 392 g/mol. The van der Waals surface area contributed by atoms with E-state index in [0.717, 1.165) is 12.4 Å². The van der Waals surface area contributed by atoms with Crippen molar-refractivity contribution in [1.29, 1.82) is 0 Å². The van der Waals surface area contributed by atoms with Crippen LogP contribution in [0.25, 0.3) is 5.69 Å². The van der Waals surface area contributed by atoms with Gasteiger partial charge in [-0.1, -0.05) is 16.8 Å². The number of hydrogen-bond donors (Lipinski definition) is 0. The minimum Gasteiger partial charge on any atom is -0.352 e. The molecule has 0 fully saturated rings. The second kappa shape index (κ2) is 7.02. The van der Waals surface area contributed by atoms with Gasteiger partial charge in [-0.3, -0.25) is 4.99 Å². The molecule has 0 spiro atoms. The summed E-state index contributed by atoms with van der Waals surface area (Å²) in [5.41, 5.74) is -0.542. The molecule has 0 radical (unpaired) electrons. The second-order valence-corrected chi connectivity index (χ2v) is 5.85. The molecule has 138 valence electrons. The zero-order chi connectivity index (χ0) is 18.9. The summed E-state index contributed by atoms with van der Waals surface area (Å²) < 4.78 is 65.3. The maximum absolute atomic E-state index is 12.9. The fraction of sp³-hybridized carbons (Fsp3) is 0.267. The number of nitrogens with zero attached hydrogens (tertiary/aromatic N) is 5. The van der Waals surface area contributed by atoms with E-state index in [1.165, 1.54) is 34.0 Å². The number of aromatic nitrogens is 3. The summed E-state index contributed by atoms with van der Waals surface area (Å²) in [5.74, 6) is 0. The van der Waals surface area contributed by atoms with Crippen molar-refractivity contribution in [2.75, 3.05) is 6.67 Å². The molecule has 0 atom stereocenters. The van der Waals surface area contributed by atoms with Crippen LogP contribution < -0.4 is 0 Å². The monoisotopic (exact) mass is 391 g/mol. The molecular weight excluding hydrogens is 381 g/mol. The van der Waals surface area contributed by atoms with Crippen LogP contribution in [-0.4, -0.2) is 39.0 Å². The highest BCUT2D eigenvalue weighted by atomic mass is 35.5. The molecule has 0 saturated heterocycles. The molecule has 0 unspecified atom stereocenters. The van der Waals surface area contributed by atoms with E-state index in [0.29, 0.717) is 11.4 Å². The smallest absolute Gasteiger partial charge is 0.352 e. The van der Waals surface area contributed by atoms with E-state index in [9.17, 15) is 22.0 Å². The molecule has 5 nitrogen and oxygen atoms in total. The van der Waals surface area contributed by atoms with Crippen LogP contribution in [0, 0.1) is 0 Å². The van der Waals surface area contributed by atoms with Gasteiger partial charge in [0.05, 0.1) is 24.0 Å². The number of halogens is 6. The summed E-state index contributed by atoms with van der Waals surface area (Å²) in [4.78, 5) is 4.99. The highest BCUT2D eigenvalue weighted by molar-refractivity contribution is 6.31. The molecule has 1 aromatic carbocycles. The SMILES string of the molecule is FC(F)c1cc(-n2cc(CN3C=C(C(F)(F)F)C=NC3)nn2)ccc1Cl. The third-order valence-corrected chi connectivity index (χ3v) is 3.87. The van der Waals surface area contributed by atoms with E-state index >= 15 is 0 Å². The van der Waals surface area contributed by atoms with Gasteiger partial charge in [-0.2, -0.15) is 13.2 Å². The Balaban J connectivity index is 1.78. The van der Waals surface area contributed by atoms with Crippen LogP contribution in [0.15, 0.2) is 41.2 Å². The zero-order valence-electron chi connectivity index (χ0n) is 13.0. The number of hydrogen-bond acceptors (Lipinski definition) is 4. The van der Waals surface area contributed by atoms with Crippen LogP contribution in [0.5, 0.6) is 0 Å². The van der Waals surface area contributed by atoms with Gasteiger partial charge in [0.1, 0.15) is 12.4 Å². The van der Waals surface area contributed by atoms with Crippen LogP contribution in [-0.2, 0) is 6.54 Å². The largest absolute Gasteiger partial charge is 0.419 e. The molecule has 1 aliphatic heterocycles. The molecule has 26 heavy (non-hydrogen) atoms. The highest BCUT2D eigenvalue weighted by Gasteiger charge is 2.34. The minimum absolute atomic E-state index is 0.0339. The summed E-state index contributed by atoms with van der Waals surface area (Å²) in [6.45, 7) is 0.0785. The van der Waals surface area contributed by atoms with E-state index in [1.54, 1.807) is 0 Å². The molecule has 0 aliphatic carbocycles. The molecule has 3 rings (SSSR count). The Morgan fingerprint density at radius 3 is 2.69 bits per heavy atom. The Kier molecular flexibility index (Phi) is 4.94. The molecule has 2 heterocycles. The van der Waals surface area contributed by atoms with Crippen molar-refractivity contribution in [3.05, 3.63) is 52.4 Å². The maximum Gasteiger partial charge on any atom is 0.419 e. The summed E-state index contributed by atoms with van der Waals surface area (Å²) in [7, 11) is 0. The molecule has 1 aromatic heterocycles. The first-order chi connectivity index (χ1) is 12.2. The van der Waals surface area contributed by atoms with Crippen molar-refractivity contribution in [1.82, 2.24) is 19.9 Å². The van der Waals surface area contributed by atoms with Gasteiger partial charge in [0.25, 0.3) is 6.43 Å². The Bertz CT molecular complexity index is 858.